The van der Waals surface area contributed by atoms with Gasteiger partial charge in [-0.2, -0.15) is 5.10 Å². The molecule has 0 spiro atoms. The van der Waals surface area contributed by atoms with Crippen molar-refractivity contribution in [3.8, 4) is 0 Å². The molecular weight excluding hydrogens is 268 g/mol. The van der Waals surface area contributed by atoms with Gasteiger partial charge in [-0.25, -0.2) is 9.78 Å². The standard InChI is InChI=1S/C15H20N4O2/c1-3-21-15(20)11-8-17-18(2)14(11)9-19-10-16-12-6-4-5-7-13(12)19/h8,10H,3-7,9H2,1-2H3. The van der Waals surface area contributed by atoms with Gasteiger partial charge in [-0.3, -0.25) is 4.68 Å². The Morgan fingerprint density at radius 1 is 1.38 bits per heavy atom. The van der Waals surface area contributed by atoms with Crippen molar-refractivity contribution in [1.29, 1.82) is 0 Å². The van der Waals surface area contributed by atoms with Crippen molar-refractivity contribution in [1.82, 2.24) is 19.3 Å². The first kappa shape index (κ1) is 13.9. The van der Waals surface area contributed by atoms with Crippen LogP contribution in [-0.2, 0) is 31.2 Å². The van der Waals surface area contributed by atoms with Gasteiger partial charge in [-0.05, 0) is 32.6 Å². The van der Waals surface area contributed by atoms with Gasteiger partial charge < -0.3 is 9.30 Å². The molecule has 3 rings (SSSR count). The first-order chi connectivity index (χ1) is 10.2. The Balaban J connectivity index is 1.90. The van der Waals surface area contributed by atoms with Crippen LogP contribution < -0.4 is 0 Å². The summed E-state index contributed by atoms with van der Waals surface area (Å²) in [5, 5.41) is 4.19. The number of nitrogens with zero attached hydrogens (tertiary/aromatic N) is 4. The Bertz CT molecular complexity index is 657. The monoisotopic (exact) mass is 288 g/mol. The molecule has 0 aliphatic heterocycles. The molecule has 0 radical (unpaired) electrons. The fourth-order valence-corrected chi connectivity index (χ4v) is 2.86. The first-order valence-corrected chi connectivity index (χ1v) is 7.41. The van der Waals surface area contributed by atoms with Crippen molar-refractivity contribution >= 4 is 5.97 Å². The third kappa shape index (κ3) is 2.57. The first-order valence-electron chi connectivity index (χ1n) is 7.41. The summed E-state index contributed by atoms with van der Waals surface area (Å²) in [5.41, 5.74) is 3.88. The quantitative estimate of drug-likeness (QED) is 0.804. The zero-order valence-electron chi connectivity index (χ0n) is 12.5. The van der Waals surface area contributed by atoms with E-state index in [1.165, 1.54) is 24.2 Å². The van der Waals surface area contributed by atoms with Crippen molar-refractivity contribution in [2.45, 2.75) is 39.2 Å². The van der Waals surface area contributed by atoms with Crippen LogP contribution in [0, 0.1) is 0 Å². The molecule has 21 heavy (non-hydrogen) atoms. The minimum Gasteiger partial charge on any atom is -0.462 e. The lowest BCUT2D eigenvalue weighted by atomic mass is 10.0. The summed E-state index contributed by atoms with van der Waals surface area (Å²) in [6.45, 7) is 2.78. The van der Waals surface area contributed by atoms with Gasteiger partial charge in [0.1, 0.15) is 5.56 Å². The molecule has 2 aromatic heterocycles. The zero-order valence-corrected chi connectivity index (χ0v) is 12.5. The van der Waals surface area contributed by atoms with Gasteiger partial charge in [0.05, 0.1) is 37.1 Å². The smallest absolute Gasteiger partial charge is 0.341 e. The number of carbonyl (C=O) groups excluding carboxylic acids is 1. The van der Waals surface area contributed by atoms with Crippen molar-refractivity contribution in [3.63, 3.8) is 0 Å². The highest BCUT2D eigenvalue weighted by Gasteiger charge is 2.20. The maximum atomic E-state index is 12.0. The topological polar surface area (TPSA) is 61.9 Å². The van der Waals surface area contributed by atoms with Gasteiger partial charge in [0.2, 0.25) is 0 Å². The van der Waals surface area contributed by atoms with E-state index in [0.717, 1.165) is 18.5 Å². The number of rotatable bonds is 4. The number of hydrogen-bond acceptors (Lipinski definition) is 4. The zero-order chi connectivity index (χ0) is 14.8. The third-order valence-electron chi connectivity index (χ3n) is 3.99. The second-order valence-corrected chi connectivity index (χ2v) is 5.32. The van der Waals surface area contributed by atoms with E-state index < -0.39 is 0 Å². The van der Waals surface area contributed by atoms with E-state index in [9.17, 15) is 4.79 Å². The summed E-state index contributed by atoms with van der Waals surface area (Å²) in [4.78, 5) is 16.5. The van der Waals surface area contributed by atoms with Crippen molar-refractivity contribution < 1.29 is 9.53 Å². The molecular formula is C15H20N4O2. The number of fused-ring (bicyclic) bond motifs is 1. The number of aromatic nitrogens is 4. The second-order valence-electron chi connectivity index (χ2n) is 5.32. The average molecular weight is 288 g/mol. The molecule has 6 heteroatoms. The van der Waals surface area contributed by atoms with Gasteiger partial charge in [0.15, 0.2) is 0 Å². The number of hydrogen-bond donors (Lipinski definition) is 0. The number of aryl methyl sites for hydroxylation is 2. The van der Waals surface area contributed by atoms with E-state index in [2.05, 4.69) is 14.6 Å². The summed E-state index contributed by atoms with van der Waals surface area (Å²) >= 11 is 0. The summed E-state index contributed by atoms with van der Waals surface area (Å²) in [5.74, 6) is -0.311. The highest BCUT2D eigenvalue weighted by molar-refractivity contribution is 5.90. The molecule has 2 aromatic rings. The van der Waals surface area contributed by atoms with Crippen LogP contribution in [0.25, 0.3) is 0 Å². The molecule has 0 fully saturated rings. The van der Waals surface area contributed by atoms with Crippen molar-refractivity contribution in [3.05, 3.63) is 35.2 Å². The van der Waals surface area contributed by atoms with E-state index in [0.29, 0.717) is 18.7 Å². The second kappa shape index (κ2) is 5.71. The van der Waals surface area contributed by atoms with Gasteiger partial charge in [0, 0.05) is 12.7 Å². The van der Waals surface area contributed by atoms with E-state index in [-0.39, 0.29) is 5.97 Å². The minimum absolute atomic E-state index is 0.311. The van der Waals surface area contributed by atoms with E-state index in [4.69, 9.17) is 4.74 Å². The van der Waals surface area contributed by atoms with Crippen molar-refractivity contribution in [2.75, 3.05) is 6.61 Å². The maximum Gasteiger partial charge on any atom is 0.341 e. The third-order valence-corrected chi connectivity index (χ3v) is 3.99. The summed E-state index contributed by atoms with van der Waals surface area (Å²) in [6.07, 6.45) is 7.98. The molecule has 0 saturated carbocycles. The van der Waals surface area contributed by atoms with E-state index >= 15 is 0 Å². The molecule has 1 aliphatic carbocycles. The molecule has 0 aromatic carbocycles. The SMILES string of the molecule is CCOC(=O)c1cnn(C)c1Cn1cnc2c1CCCC2. The van der Waals surface area contributed by atoms with Crippen LogP contribution in [0.2, 0.25) is 0 Å². The number of carbonyl (C=O) groups is 1. The molecule has 1 aliphatic rings. The highest BCUT2D eigenvalue weighted by Crippen LogP contribution is 2.21. The van der Waals surface area contributed by atoms with Gasteiger partial charge in [-0.15, -0.1) is 0 Å². The van der Waals surface area contributed by atoms with Crippen LogP contribution in [-0.4, -0.2) is 31.9 Å². The predicted octanol–water partition coefficient (Wildman–Crippen LogP) is 1.72. The Hall–Kier alpha value is -2.11. The summed E-state index contributed by atoms with van der Waals surface area (Å²) in [6, 6.07) is 0. The lowest BCUT2D eigenvalue weighted by molar-refractivity contribution is 0.0524. The molecule has 0 unspecified atom stereocenters. The molecule has 2 heterocycles. The highest BCUT2D eigenvalue weighted by atomic mass is 16.5. The molecule has 0 atom stereocenters. The average Bonchev–Trinajstić information content (AvgIpc) is 3.05. The molecule has 6 nitrogen and oxygen atoms in total. The van der Waals surface area contributed by atoms with Crippen LogP contribution >= 0.6 is 0 Å². The minimum atomic E-state index is -0.311. The molecule has 0 N–H and O–H groups in total. The van der Waals surface area contributed by atoms with Gasteiger partial charge >= 0.3 is 5.97 Å². The van der Waals surface area contributed by atoms with Crippen LogP contribution in [0.15, 0.2) is 12.5 Å². The normalized spacial score (nSPS) is 14.0. The van der Waals surface area contributed by atoms with Gasteiger partial charge in [0.25, 0.3) is 0 Å². The fraction of sp³-hybridized carbons (Fsp3) is 0.533. The predicted molar refractivity (Wildman–Crippen MR) is 77.1 cm³/mol. The van der Waals surface area contributed by atoms with E-state index in [1.807, 2.05) is 13.4 Å². The summed E-state index contributed by atoms with van der Waals surface area (Å²) in [7, 11) is 1.85. The molecule has 0 saturated heterocycles. The van der Waals surface area contributed by atoms with Crippen molar-refractivity contribution in [2.24, 2.45) is 7.05 Å². The Kier molecular flexibility index (Phi) is 3.77. The largest absolute Gasteiger partial charge is 0.462 e. The van der Waals surface area contributed by atoms with Crippen LogP contribution in [0.5, 0.6) is 0 Å². The Morgan fingerprint density at radius 2 is 2.19 bits per heavy atom. The number of esters is 1. The Labute approximate surface area is 123 Å². The summed E-state index contributed by atoms with van der Waals surface area (Å²) < 4.78 is 8.97. The van der Waals surface area contributed by atoms with Gasteiger partial charge in [-0.1, -0.05) is 0 Å². The maximum absolute atomic E-state index is 12.0. The fourth-order valence-electron chi connectivity index (χ4n) is 2.86. The Morgan fingerprint density at radius 3 is 3.00 bits per heavy atom. The number of imidazole rings is 1. The van der Waals surface area contributed by atoms with Crippen LogP contribution in [0.1, 0.15) is 47.2 Å². The molecule has 0 bridgehead atoms. The lowest BCUT2D eigenvalue weighted by Gasteiger charge is -2.14. The van der Waals surface area contributed by atoms with Crippen LogP contribution in [0.4, 0.5) is 0 Å². The lowest BCUT2D eigenvalue weighted by Crippen LogP contribution is -2.14. The van der Waals surface area contributed by atoms with Crippen LogP contribution in [0.3, 0.4) is 0 Å². The molecule has 0 amide bonds. The number of ether oxygens (including phenoxy) is 1. The van der Waals surface area contributed by atoms with E-state index in [1.54, 1.807) is 17.8 Å². The molecule has 112 valence electrons.